The third kappa shape index (κ3) is 1.44. The second-order valence-corrected chi connectivity index (χ2v) is 3.52. The molecule has 1 aliphatic heterocycles. The van der Waals surface area contributed by atoms with Crippen molar-refractivity contribution >= 4 is 5.69 Å². The second kappa shape index (κ2) is 3.73. The van der Waals surface area contributed by atoms with E-state index in [1.54, 1.807) is 12.5 Å². The lowest BCUT2D eigenvalue weighted by Gasteiger charge is -2.17. The van der Waals surface area contributed by atoms with Gasteiger partial charge in [0.1, 0.15) is 5.76 Å². The third-order valence-electron chi connectivity index (χ3n) is 2.53. The number of rotatable bonds is 2. The van der Waals surface area contributed by atoms with Crippen LogP contribution in [0.2, 0.25) is 0 Å². The summed E-state index contributed by atoms with van der Waals surface area (Å²) in [4.78, 5) is 6.25. The van der Waals surface area contributed by atoms with E-state index in [0.29, 0.717) is 0 Å². The van der Waals surface area contributed by atoms with Crippen molar-refractivity contribution in [2.75, 3.05) is 11.6 Å². The maximum absolute atomic E-state index is 5.41. The Bertz CT molecular complexity index is 505. The first-order valence-electron chi connectivity index (χ1n) is 5.10. The molecule has 0 amide bonds. The lowest BCUT2D eigenvalue weighted by Crippen LogP contribution is -2.20. The van der Waals surface area contributed by atoms with Gasteiger partial charge in [0, 0.05) is 24.8 Å². The molecule has 4 heteroatoms. The van der Waals surface area contributed by atoms with Crippen molar-refractivity contribution in [2.24, 2.45) is 0 Å². The molecule has 1 N–H and O–H groups in total. The Kier molecular flexibility index (Phi) is 2.11. The van der Waals surface area contributed by atoms with Crippen molar-refractivity contribution < 1.29 is 4.42 Å². The molecule has 80 valence electrons. The highest BCUT2D eigenvalue weighted by atomic mass is 16.3. The number of pyridine rings is 1. The maximum atomic E-state index is 5.41. The standard InChI is InChI=1S/C12H11N3O/c1-2-12(16-7-1)10-8-13-4-3-11(10)15-6-5-14-9-15/h1-8,14H,9H2. The monoisotopic (exact) mass is 213 g/mol. The van der Waals surface area contributed by atoms with Crippen LogP contribution in [0.15, 0.2) is 53.7 Å². The van der Waals surface area contributed by atoms with Crippen LogP contribution in [0.1, 0.15) is 0 Å². The van der Waals surface area contributed by atoms with Crippen LogP contribution in [-0.4, -0.2) is 11.7 Å². The van der Waals surface area contributed by atoms with E-state index in [4.69, 9.17) is 4.42 Å². The van der Waals surface area contributed by atoms with Gasteiger partial charge >= 0.3 is 0 Å². The summed E-state index contributed by atoms with van der Waals surface area (Å²) in [6, 6.07) is 5.80. The van der Waals surface area contributed by atoms with E-state index < -0.39 is 0 Å². The van der Waals surface area contributed by atoms with Crippen LogP contribution in [0, 0.1) is 0 Å². The van der Waals surface area contributed by atoms with Crippen molar-refractivity contribution in [3.63, 3.8) is 0 Å². The first kappa shape index (κ1) is 9.03. The van der Waals surface area contributed by atoms with E-state index in [1.165, 1.54) is 0 Å². The first-order valence-corrected chi connectivity index (χ1v) is 5.10. The zero-order valence-corrected chi connectivity index (χ0v) is 8.63. The molecular weight excluding hydrogens is 202 g/mol. The van der Waals surface area contributed by atoms with E-state index in [0.717, 1.165) is 23.7 Å². The molecule has 0 atom stereocenters. The molecule has 0 aliphatic carbocycles. The highest BCUT2D eigenvalue weighted by Gasteiger charge is 2.13. The lowest BCUT2D eigenvalue weighted by molar-refractivity contribution is 0.582. The van der Waals surface area contributed by atoms with Crippen LogP contribution >= 0.6 is 0 Å². The largest absolute Gasteiger partial charge is 0.464 e. The van der Waals surface area contributed by atoms with Crippen LogP contribution in [0.25, 0.3) is 11.3 Å². The van der Waals surface area contributed by atoms with Gasteiger partial charge in [-0.2, -0.15) is 0 Å². The van der Waals surface area contributed by atoms with Gasteiger partial charge in [0.05, 0.1) is 24.2 Å². The fourth-order valence-electron chi connectivity index (χ4n) is 1.77. The molecule has 3 rings (SSSR count). The molecular formula is C12H11N3O. The van der Waals surface area contributed by atoms with Gasteiger partial charge in [-0.15, -0.1) is 0 Å². The van der Waals surface area contributed by atoms with Crippen LogP contribution in [0.5, 0.6) is 0 Å². The summed E-state index contributed by atoms with van der Waals surface area (Å²) in [6.45, 7) is 0.776. The Morgan fingerprint density at radius 3 is 3.12 bits per heavy atom. The van der Waals surface area contributed by atoms with E-state index in [-0.39, 0.29) is 0 Å². The molecule has 4 nitrogen and oxygen atoms in total. The summed E-state index contributed by atoms with van der Waals surface area (Å²) in [6.07, 6.45) is 9.20. The van der Waals surface area contributed by atoms with Crippen LogP contribution in [-0.2, 0) is 0 Å². The quantitative estimate of drug-likeness (QED) is 0.830. The number of nitrogens with zero attached hydrogens (tertiary/aromatic N) is 2. The van der Waals surface area contributed by atoms with Gasteiger partial charge in [-0.25, -0.2) is 0 Å². The fourth-order valence-corrected chi connectivity index (χ4v) is 1.77. The minimum Gasteiger partial charge on any atom is -0.464 e. The maximum Gasteiger partial charge on any atom is 0.137 e. The Morgan fingerprint density at radius 1 is 1.38 bits per heavy atom. The van der Waals surface area contributed by atoms with Crippen LogP contribution in [0.3, 0.4) is 0 Å². The van der Waals surface area contributed by atoms with E-state index in [9.17, 15) is 0 Å². The van der Waals surface area contributed by atoms with Crippen molar-refractivity contribution in [1.29, 1.82) is 0 Å². The van der Waals surface area contributed by atoms with Crippen molar-refractivity contribution in [3.05, 3.63) is 49.3 Å². The van der Waals surface area contributed by atoms with Gasteiger partial charge < -0.3 is 14.6 Å². The van der Waals surface area contributed by atoms with Crippen molar-refractivity contribution in [1.82, 2.24) is 10.3 Å². The highest BCUT2D eigenvalue weighted by molar-refractivity contribution is 5.75. The fraction of sp³-hybridized carbons (Fsp3) is 0.0833. The number of hydrogen-bond donors (Lipinski definition) is 1. The molecule has 0 radical (unpaired) electrons. The van der Waals surface area contributed by atoms with Crippen LogP contribution in [0.4, 0.5) is 5.69 Å². The second-order valence-electron chi connectivity index (χ2n) is 3.52. The molecule has 0 fully saturated rings. The molecule has 2 aromatic heterocycles. The summed E-state index contributed by atoms with van der Waals surface area (Å²) >= 11 is 0. The molecule has 16 heavy (non-hydrogen) atoms. The number of nitrogens with one attached hydrogen (secondary N) is 1. The Morgan fingerprint density at radius 2 is 2.38 bits per heavy atom. The van der Waals surface area contributed by atoms with E-state index >= 15 is 0 Å². The SMILES string of the molecule is C1=CN(c2ccncc2-c2ccco2)CN1. The Balaban J connectivity index is 2.07. The Labute approximate surface area is 93.2 Å². The molecule has 0 saturated carbocycles. The lowest BCUT2D eigenvalue weighted by atomic mass is 10.2. The average Bonchev–Trinajstić information content (AvgIpc) is 3.03. The van der Waals surface area contributed by atoms with Gasteiger partial charge in [0.15, 0.2) is 0 Å². The predicted octanol–water partition coefficient (Wildman–Crippen LogP) is 2.18. The zero-order valence-electron chi connectivity index (χ0n) is 8.63. The van der Waals surface area contributed by atoms with Gasteiger partial charge in [-0.3, -0.25) is 4.98 Å². The van der Waals surface area contributed by atoms with Gasteiger partial charge in [0.25, 0.3) is 0 Å². The third-order valence-corrected chi connectivity index (χ3v) is 2.53. The minimum atomic E-state index is 0.776. The molecule has 0 bridgehead atoms. The molecule has 0 aromatic carbocycles. The molecule has 0 unspecified atom stereocenters. The Hall–Kier alpha value is -2.23. The summed E-state index contributed by atoms with van der Waals surface area (Å²) in [5.74, 6) is 0.836. The smallest absolute Gasteiger partial charge is 0.137 e. The predicted molar refractivity (Wildman–Crippen MR) is 61.6 cm³/mol. The van der Waals surface area contributed by atoms with Gasteiger partial charge in [-0.1, -0.05) is 0 Å². The average molecular weight is 213 g/mol. The zero-order chi connectivity index (χ0) is 10.8. The first-order chi connectivity index (χ1) is 7.95. The molecule has 0 spiro atoms. The number of anilines is 1. The summed E-state index contributed by atoms with van der Waals surface area (Å²) in [7, 11) is 0. The molecule has 3 heterocycles. The summed E-state index contributed by atoms with van der Waals surface area (Å²) in [5, 5.41) is 3.14. The number of aromatic nitrogens is 1. The van der Waals surface area contributed by atoms with Crippen molar-refractivity contribution in [3.8, 4) is 11.3 Å². The topological polar surface area (TPSA) is 41.3 Å². The van der Waals surface area contributed by atoms with Gasteiger partial charge in [0.2, 0.25) is 0 Å². The molecule has 2 aromatic rings. The molecule has 1 aliphatic rings. The molecule has 0 saturated heterocycles. The number of hydrogen-bond acceptors (Lipinski definition) is 4. The highest BCUT2D eigenvalue weighted by Crippen LogP contribution is 2.30. The van der Waals surface area contributed by atoms with E-state index in [1.807, 2.05) is 36.8 Å². The number of furan rings is 1. The van der Waals surface area contributed by atoms with E-state index in [2.05, 4.69) is 15.2 Å². The van der Waals surface area contributed by atoms with Gasteiger partial charge in [-0.05, 0) is 18.2 Å². The summed E-state index contributed by atoms with van der Waals surface area (Å²) in [5.41, 5.74) is 2.09. The minimum absolute atomic E-state index is 0.776. The normalized spacial score (nSPS) is 14.1. The van der Waals surface area contributed by atoms with Crippen LogP contribution < -0.4 is 10.2 Å². The van der Waals surface area contributed by atoms with Crippen molar-refractivity contribution in [2.45, 2.75) is 0 Å². The summed E-state index contributed by atoms with van der Waals surface area (Å²) < 4.78 is 5.41.